The normalized spacial score (nSPS) is 14.4. The minimum Gasteiger partial charge on any atom is -0.351 e. The lowest BCUT2D eigenvalue weighted by molar-refractivity contribution is -0.142. The van der Waals surface area contributed by atoms with Gasteiger partial charge in [-0.1, -0.05) is 0 Å². The van der Waals surface area contributed by atoms with Crippen molar-refractivity contribution in [2.75, 3.05) is 10.6 Å². The molecule has 2 N–H and O–H groups in total. The Hall–Kier alpha value is -3.37. The number of anilines is 3. The lowest BCUT2D eigenvalue weighted by Gasteiger charge is -2.17. The predicted octanol–water partition coefficient (Wildman–Crippen LogP) is 5.89. The second-order valence-corrected chi connectivity index (χ2v) is 7.00. The van der Waals surface area contributed by atoms with E-state index in [1.165, 1.54) is 12.3 Å². The third kappa shape index (κ3) is 5.04. The Bertz CT molecular complexity index is 1080. The first-order valence-electron chi connectivity index (χ1n) is 9.21. The lowest BCUT2D eigenvalue weighted by Crippen LogP contribution is -2.14. The van der Waals surface area contributed by atoms with Gasteiger partial charge in [-0.3, -0.25) is 4.98 Å². The quantitative estimate of drug-likeness (QED) is 0.485. The molecule has 2 heterocycles. The molecule has 0 bridgehead atoms. The van der Waals surface area contributed by atoms with E-state index in [1.807, 2.05) is 0 Å². The van der Waals surface area contributed by atoms with Gasteiger partial charge in [0, 0.05) is 30.1 Å². The van der Waals surface area contributed by atoms with E-state index < -0.39 is 29.2 Å². The van der Waals surface area contributed by atoms with Crippen LogP contribution >= 0.6 is 0 Å². The number of nitrogens with zero attached hydrogens (tertiary/aromatic N) is 3. The molecule has 1 aliphatic rings. The SMILES string of the molecule is FC(F)(F)c1ccc(Nc2cc(-c3cccnc3)nc(NC3CC3)n2)c(C(F)(F)F)c1. The van der Waals surface area contributed by atoms with Crippen molar-refractivity contribution in [1.29, 1.82) is 0 Å². The van der Waals surface area contributed by atoms with Crippen LogP contribution in [0, 0.1) is 0 Å². The Kier molecular flexibility index (Phi) is 5.19. The van der Waals surface area contributed by atoms with Crippen LogP contribution in [-0.2, 0) is 12.4 Å². The van der Waals surface area contributed by atoms with Crippen LogP contribution in [0.2, 0.25) is 0 Å². The first kappa shape index (κ1) is 20.9. The highest BCUT2D eigenvalue weighted by molar-refractivity contribution is 5.69. The number of halogens is 6. The van der Waals surface area contributed by atoms with Crippen molar-refractivity contribution in [3.05, 3.63) is 59.9 Å². The van der Waals surface area contributed by atoms with Gasteiger partial charge in [-0.05, 0) is 43.2 Å². The summed E-state index contributed by atoms with van der Waals surface area (Å²) in [6.45, 7) is 0. The first-order valence-corrected chi connectivity index (χ1v) is 9.21. The minimum atomic E-state index is -5.00. The Morgan fingerprint density at radius 1 is 0.903 bits per heavy atom. The molecular formula is C20H15F6N5. The van der Waals surface area contributed by atoms with Crippen LogP contribution in [-0.4, -0.2) is 21.0 Å². The van der Waals surface area contributed by atoms with Gasteiger partial charge in [-0.2, -0.15) is 31.3 Å². The summed E-state index contributed by atoms with van der Waals surface area (Å²) < 4.78 is 79.1. The maximum absolute atomic E-state index is 13.5. The van der Waals surface area contributed by atoms with Gasteiger partial charge in [-0.15, -0.1) is 0 Å². The van der Waals surface area contributed by atoms with Crippen molar-refractivity contribution in [1.82, 2.24) is 15.0 Å². The number of hydrogen-bond donors (Lipinski definition) is 2. The molecule has 0 radical (unpaired) electrons. The highest BCUT2D eigenvalue weighted by atomic mass is 19.4. The molecule has 3 aromatic rings. The molecule has 31 heavy (non-hydrogen) atoms. The summed E-state index contributed by atoms with van der Waals surface area (Å²) in [7, 11) is 0. The molecule has 1 aliphatic carbocycles. The van der Waals surface area contributed by atoms with Crippen LogP contribution in [0.3, 0.4) is 0 Å². The molecule has 0 unspecified atom stereocenters. The van der Waals surface area contributed by atoms with Crippen LogP contribution in [0.25, 0.3) is 11.3 Å². The van der Waals surface area contributed by atoms with Crippen LogP contribution in [0.5, 0.6) is 0 Å². The number of hydrogen-bond acceptors (Lipinski definition) is 5. The highest BCUT2D eigenvalue weighted by Crippen LogP contribution is 2.40. The highest BCUT2D eigenvalue weighted by Gasteiger charge is 2.38. The van der Waals surface area contributed by atoms with Crippen LogP contribution in [0.15, 0.2) is 48.8 Å². The number of benzene rings is 1. The van der Waals surface area contributed by atoms with Gasteiger partial charge in [0.05, 0.1) is 22.5 Å². The summed E-state index contributed by atoms with van der Waals surface area (Å²) in [6, 6.07) is 6.39. The van der Waals surface area contributed by atoms with E-state index >= 15 is 0 Å². The van der Waals surface area contributed by atoms with Crippen LogP contribution < -0.4 is 10.6 Å². The molecule has 162 valence electrons. The number of nitrogens with one attached hydrogen (secondary N) is 2. The van der Waals surface area contributed by atoms with Crippen LogP contribution in [0.1, 0.15) is 24.0 Å². The number of rotatable bonds is 5. The van der Waals surface area contributed by atoms with Gasteiger partial charge in [-0.25, -0.2) is 4.98 Å². The second kappa shape index (κ2) is 7.71. The average Bonchev–Trinajstić information content (AvgIpc) is 3.51. The molecule has 0 atom stereocenters. The molecule has 0 aliphatic heterocycles. The smallest absolute Gasteiger partial charge is 0.351 e. The Morgan fingerprint density at radius 3 is 2.29 bits per heavy atom. The van der Waals surface area contributed by atoms with E-state index in [2.05, 4.69) is 25.6 Å². The lowest BCUT2D eigenvalue weighted by atomic mass is 10.1. The molecule has 0 spiro atoms. The summed E-state index contributed by atoms with van der Waals surface area (Å²) in [6.07, 6.45) is -4.97. The van der Waals surface area contributed by atoms with Crippen molar-refractivity contribution in [3.8, 4) is 11.3 Å². The van der Waals surface area contributed by atoms with Gasteiger partial charge < -0.3 is 10.6 Å². The maximum Gasteiger partial charge on any atom is 0.418 e. The number of pyridine rings is 1. The molecule has 1 saturated carbocycles. The summed E-state index contributed by atoms with van der Waals surface area (Å²) in [5.41, 5.74) is -2.38. The average molecular weight is 439 g/mol. The largest absolute Gasteiger partial charge is 0.418 e. The van der Waals surface area contributed by atoms with E-state index in [-0.39, 0.29) is 23.9 Å². The summed E-state index contributed by atoms with van der Waals surface area (Å²) in [5, 5.41) is 5.58. The Morgan fingerprint density at radius 2 is 1.68 bits per heavy atom. The predicted molar refractivity (Wildman–Crippen MR) is 102 cm³/mol. The fraction of sp³-hybridized carbons (Fsp3) is 0.250. The molecule has 11 heteroatoms. The van der Waals surface area contributed by atoms with E-state index in [1.54, 1.807) is 18.3 Å². The van der Waals surface area contributed by atoms with E-state index in [9.17, 15) is 26.3 Å². The van der Waals surface area contributed by atoms with Gasteiger partial charge in [0.2, 0.25) is 5.95 Å². The summed E-state index contributed by atoms with van der Waals surface area (Å²) in [5.74, 6) is 0.203. The molecule has 1 aromatic carbocycles. The zero-order chi connectivity index (χ0) is 22.2. The van der Waals surface area contributed by atoms with Crippen molar-refractivity contribution in [2.45, 2.75) is 31.2 Å². The third-order valence-corrected chi connectivity index (χ3v) is 4.51. The Balaban J connectivity index is 1.74. The van der Waals surface area contributed by atoms with Gasteiger partial charge in [0.25, 0.3) is 0 Å². The molecule has 0 amide bonds. The monoisotopic (exact) mass is 439 g/mol. The van der Waals surface area contributed by atoms with Crippen molar-refractivity contribution in [3.63, 3.8) is 0 Å². The van der Waals surface area contributed by atoms with Crippen molar-refractivity contribution in [2.24, 2.45) is 0 Å². The maximum atomic E-state index is 13.5. The number of aromatic nitrogens is 3. The van der Waals surface area contributed by atoms with Crippen molar-refractivity contribution < 1.29 is 26.3 Å². The van der Waals surface area contributed by atoms with E-state index in [4.69, 9.17) is 0 Å². The fourth-order valence-corrected chi connectivity index (χ4v) is 2.85. The zero-order valence-electron chi connectivity index (χ0n) is 15.7. The fourth-order valence-electron chi connectivity index (χ4n) is 2.85. The topological polar surface area (TPSA) is 62.7 Å². The van der Waals surface area contributed by atoms with E-state index in [0.717, 1.165) is 18.9 Å². The zero-order valence-corrected chi connectivity index (χ0v) is 15.7. The second-order valence-electron chi connectivity index (χ2n) is 7.00. The van der Waals surface area contributed by atoms with Gasteiger partial charge in [0.1, 0.15) is 5.82 Å². The van der Waals surface area contributed by atoms with Gasteiger partial charge >= 0.3 is 12.4 Å². The molecule has 2 aromatic heterocycles. The van der Waals surface area contributed by atoms with Crippen molar-refractivity contribution >= 4 is 17.5 Å². The third-order valence-electron chi connectivity index (χ3n) is 4.51. The Labute approximate surface area is 172 Å². The van der Waals surface area contributed by atoms with Crippen LogP contribution in [0.4, 0.5) is 43.8 Å². The molecule has 5 nitrogen and oxygen atoms in total. The standard InChI is InChI=1S/C20H15F6N5/c21-19(22,23)12-3-6-15(14(8-12)20(24,25)26)29-17-9-16(11-2-1-7-27-10-11)30-18(31-17)28-13-4-5-13/h1-3,6-10,13H,4-5H2,(H2,28,29,30,31). The summed E-state index contributed by atoms with van der Waals surface area (Å²) in [4.78, 5) is 12.6. The van der Waals surface area contributed by atoms with Gasteiger partial charge in [0.15, 0.2) is 0 Å². The van der Waals surface area contributed by atoms with E-state index in [0.29, 0.717) is 17.3 Å². The molecule has 0 saturated heterocycles. The first-order chi connectivity index (χ1) is 14.6. The molecular weight excluding hydrogens is 424 g/mol. The minimum absolute atomic E-state index is 0.00209. The number of alkyl halides is 6. The molecule has 1 fully saturated rings. The summed E-state index contributed by atoms with van der Waals surface area (Å²) >= 11 is 0. The molecule has 4 rings (SSSR count).